The van der Waals surface area contributed by atoms with Crippen LogP contribution < -0.4 is 4.90 Å². The van der Waals surface area contributed by atoms with E-state index in [-0.39, 0.29) is 5.91 Å². The molecule has 0 saturated carbocycles. The van der Waals surface area contributed by atoms with Gasteiger partial charge in [0.25, 0.3) is 5.91 Å². The Kier molecular flexibility index (Phi) is 2.25. The largest absolute Gasteiger partial charge is 0.459 e. The first-order valence-electron chi connectivity index (χ1n) is 5.70. The molecule has 0 spiro atoms. The zero-order chi connectivity index (χ0) is 11.8. The lowest BCUT2D eigenvalue weighted by Gasteiger charge is -2.15. The highest BCUT2D eigenvalue weighted by molar-refractivity contribution is 6.05. The summed E-state index contributed by atoms with van der Waals surface area (Å²) in [5, 5.41) is 0. The van der Waals surface area contributed by atoms with Gasteiger partial charge in [0.1, 0.15) is 0 Å². The SMILES string of the molecule is Cc1ccc2c(c1)CCN2C(=O)c1ccco1. The van der Waals surface area contributed by atoms with E-state index in [1.807, 2.05) is 12.1 Å². The highest BCUT2D eigenvalue weighted by atomic mass is 16.3. The normalized spacial score (nSPS) is 13.8. The smallest absolute Gasteiger partial charge is 0.293 e. The van der Waals surface area contributed by atoms with Gasteiger partial charge in [-0.1, -0.05) is 17.7 Å². The molecule has 0 bridgehead atoms. The lowest BCUT2D eigenvalue weighted by Crippen LogP contribution is -2.28. The van der Waals surface area contributed by atoms with E-state index < -0.39 is 0 Å². The zero-order valence-corrected chi connectivity index (χ0v) is 9.64. The van der Waals surface area contributed by atoms with Crippen molar-refractivity contribution >= 4 is 11.6 Å². The third kappa shape index (κ3) is 1.64. The molecule has 2 heterocycles. The Labute approximate surface area is 99.7 Å². The summed E-state index contributed by atoms with van der Waals surface area (Å²) in [6.07, 6.45) is 2.45. The molecule has 0 fully saturated rings. The highest BCUT2D eigenvalue weighted by Crippen LogP contribution is 2.29. The quantitative estimate of drug-likeness (QED) is 0.750. The molecule has 3 nitrogen and oxygen atoms in total. The van der Waals surface area contributed by atoms with Crippen LogP contribution in [0.15, 0.2) is 41.0 Å². The summed E-state index contributed by atoms with van der Waals surface area (Å²) in [5.74, 6) is 0.344. The number of aryl methyl sites for hydroxylation is 1. The molecule has 1 aromatic heterocycles. The van der Waals surface area contributed by atoms with Crippen LogP contribution in [0, 0.1) is 6.92 Å². The number of rotatable bonds is 1. The Morgan fingerprint density at radius 2 is 2.24 bits per heavy atom. The summed E-state index contributed by atoms with van der Waals surface area (Å²) in [6.45, 7) is 2.80. The van der Waals surface area contributed by atoms with Gasteiger partial charge in [-0.15, -0.1) is 0 Å². The number of carbonyl (C=O) groups excluding carboxylic acids is 1. The minimum atomic E-state index is -0.0578. The Morgan fingerprint density at radius 3 is 3.00 bits per heavy atom. The standard InChI is InChI=1S/C14H13NO2/c1-10-4-5-12-11(9-10)6-7-15(12)14(16)13-3-2-8-17-13/h2-5,8-9H,6-7H2,1H3. The maximum atomic E-state index is 12.2. The highest BCUT2D eigenvalue weighted by Gasteiger charge is 2.26. The van der Waals surface area contributed by atoms with Crippen LogP contribution in [0.4, 0.5) is 5.69 Å². The lowest BCUT2D eigenvalue weighted by molar-refractivity contribution is 0.0963. The van der Waals surface area contributed by atoms with Gasteiger partial charge in [-0.25, -0.2) is 0 Å². The molecule has 2 aromatic rings. The van der Waals surface area contributed by atoms with Crippen LogP contribution in [0.2, 0.25) is 0 Å². The first kappa shape index (κ1) is 10.1. The number of fused-ring (bicyclic) bond motifs is 1. The number of furan rings is 1. The maximum Gasteiger partial charge on any atom is 0.293 e. The fourth-order valence-electron chi connectivity index (χ4n) is 2.27. The second-order valence-corrected chi connectivity index (χ2v) is 4.32. The van der Waals surface area contributed by atoms with Gasteiger partial charge in [-0.3, -0.25) is 4.79 Å². The van der Waals surface area contributed by atoms with Crippen LogP contribution in [-0.2, 0) is 6.42 Å². The number of amides is 1. The molecule has 0 radical (unpaired) electrons. The molecule has 3 heteroatoms. The fraction of sp³-hybridized carbons (Fsp3) is 0.214. The van der Waals surface area contributed by atoms with Gasteiger partial charge in [-0.2, -0.15) is 0 Å². The predicted molar refractivity (Wildman–Crippen MR) is 65.3 cm³/mol. The second kappa shape index (κ2) is 3.77. The summed E-state index contributed by atoms with van der Waals surface area (Å²) < 4.78 is 5.16. The van der Waals surface area contributed by atoms with E-state index in [1.54, 1.807) is 17.0 Å². The van der Waals surface area contributed by atoms with Crippen molar-refractivity contribution < 1.29 is 9.21 Å². The lowest BCUT2D eigenvalue weighted by atomic mass is 10.1. The van der Waals surface area contributed by atoms with Gasteiger partial charge in [0.2, 0.25) is 0 Å². The number of carbonyl (C=O) groups is 1. The Bertz CT molecular complexity index is 558. The van der Waals surface area contributed by atoms with E-state index >= 15 is 0 Å². The van der Waals surface area contributed by atoms with Crippen LogP contribution in [0.5, 0.6) is 0 Å². The van der Waals surface area contributed by atoms with Crippen molar-refractivity contribution in [1.29, 1.82) is 0 Å². The van der Waals surface area contributed by atoms with Crippen molar-refractivity contribution in [2.24, 2.45) is 0 Å². The molecule has 86 valence electrons. The Morgan fingerprint density at radius 1 is 1.35 bits per heavy atom. The molecular weight excluding hydrogens is 214 g/mol. The van der Waals surface area contributed by atoms with Crippen molar-refractivity contribution in [2.75, 3.05) is 11.4 Å². The predicted octanol–water partition coefficient (Wildman–Crippen LogP) is 2.79. The maximum absolute atomic E-state index is 12.2. The van der Waals surface area contributed by atoms with E-state index in [0.717, 1.165) is 18.7 Å². The molecule has 17 heavy (non-hydrogen) atoms. The van der Waals surface area contributed by atoms with Crippen LogP contribution in [0.3, 0.4) is 0 Å². The van der Waals surface area contributed by atoms with Crippen LogP contribution >= 0.6 is 0 Å². The van der Waals surface area contributed by atoms with E-state index in [1.165, 1.54) is 17.4 Å². The average molecular weight is 227 g/mol. The monoisotopic (exact) mass is 227 g/mol. The van der Waals surface area contributed by atoms with E-state index in [2.05, 4.69) is 13.0 Å². The van der Waals surface area contributed by atoms with Gasteiger partial charge in [0.15, 0.2) is 5.76 Å². The van der Waals surface area contributed by atoms with Crippen LogP contribution in [0.1, 0.15) is 21.7 Å². The molecule has 0 saturated heterocycles. The molecule has 0 aliphatic carbocycles. The molecule has 0 unspecified atom stereocenters. The summed E-state index contributed by atoms with van der Waals surface area (Å²) in [4.78, 5) is 14.0. The second-order valence-electron chi connectivity index (χ2n) is 4.32. The van der Waals surface area contributed by atoms with E-state index in [4.69, 9.17) is 4.42 Å². The number of benzene rings is 1. The average Bonchev–Trinajstić information content (AvgIpc) is 2.96. The summed E-state index contributed by atoms with van der Waals surface area (Å²) in [7, 11) is 0. The van der Waals surface area contributed by atoms with Crippen molar-refractivity contribution in [3.8, 4) is 0 Å². The molecule has 1 aromatic carbocycles. The minimum absolute atomic E-state index is 0.0578. The van der Waals surface area contributed by atoms with Crippen LogP contribution in [0.25, 0.3) is 0 Å². The number of nitrogens with zero attached hydrogens (tertiary/aromatic N) is 1. The van der Waals surface area contributed by atoms with Crippen molar-refractivity contribution in [3.63, 3.8) is 0 Å². The summed E-state index contributed by atoms with van der Waals surface area (Å²) >= 11 is 0. The molecular formula is C14H13NO2. The first-order chi connectivity index (χ1) is 8.25. The van der Waals surface area contributed by atoms with Crippen molar-refractivity contribution in [3.05, 3.63) is 53.5 Å². The third-order valence-corrected chi connectivity index (χ3v) is 3.11. The van der Waals surface area contributed by atoms with E-state index in [9.17, 15) is 4.79 Å². The van der Waals surface area contributed by atoms with Crippen LogP contribution in [-0.4, -0.2) is 12.5 Å². The van der Waals surface area contributed by atoms with Gasteiger partial charge < -0.3 is 9.32 Å². The Hall–Kier alpha value is -2.03. The molecule has 3 rings (SSSR count). The van der Waals surface area contributed by atoms with Gasteiger partial charge in [-0.05, 0) is 37.1 Å². The topological polar surface area (TPSA) is 33.5 Å². The number of anilines is 1. The fourth-order valence-corrected chi connectivity index (χ4v) is 2.27. The molecule has 1 amide bonds. The molecule has 0 atom stereocenters. The number of hydrogen-bond donors (Lipinski definition) is 0. The van der Waals surface area contributed by atoms with Gasteiger partial charge in [0, 0.05) is 12.2 Å². The van der Waals surface area contributed by atoms with Crippen molar-refractivity contribution in [2.45, 2.75) is 13.3 Å². The van der Waals surface area contributed by atoms with Gasteiger partial charge in [0.05, 0.1) is 6.26 Å². The summed E-state index contributed by atoms with van der Waals surface area (Å²) in [5.41, 5.74) is 3.48. The van der Waals surface area contributed by atoms with Gasteiger partial charge >= 0.3 is 0 Å². The zero-order valence-electron chi connectivity index (χ0n) is 9.64. The van der Waals surface area contributed by atoms with Crippen molar-refractivity contribution in [1.82, 2.24) is 0 Å². The van der Waals surface area contributed by atoms with E-state index in [0.29, 0.717) is 5.76 Å². The summed E-state index contributed by atoms with van der Waals surface area (Å²) in [6, 6.07) is 9.63. The third-order valence-electron chi connectivity index (χ3n) is 3.11. The molecule has 0 N–H and O–H groups in total. The first-order valence-corrected chi connectivity index (χ1v) is 5.70. The number of hydrogen-bond acceptors (Lipinski definition) is 2. The molecule has 1 aliphatic rings. The molecule has 1 aliphatic heterocycles. The Balaban J connectivity index is 1.96. The minimum Gasteiger partial charge on any atom is -0.459 e.